The van der Waals surface area contributed by atoms with Gasteiger partial charge in [0.1, 0.15) is 0 Å². The van der Waals surface area contributed by atoms with Gasteiger partial charge in [-0.2, -0.15) is 0 Å². The average molecular weight is 318 g/mol. The van der Waals surface area contributed by atoms with Gasteiger partial charge in [0.2, 0.25) is 0 Å². The number of carbonyl (C=O) groups is 1. The third-order valence-corrected chi connectivity index (χ3v) is 4.46. The van der Waals surface area contributed by atoms with Crippen LogP contribution in [0, 0.1) is 11.8 Å². The van der Waals surface area contributed by atoms with E-state index in [0.717, 1.165) is 50.1 Å². The second kappa shape index (κ2) is 8.92. The van der Waals surface area contributed by atoms with Gasteiger partial charge in [0, 0.05) is 31.9 Å². The molecule has 1 aliphatic rings. The first-order valence-corrected chi connectivity index (χ1v) is 8.85. The topological polar surface area (TPSA) is 52.6 Å². The zero-order valence-corrected chi connectivity index (χ0v) is 14.4. The van der Waals surface area contributed by atoms with Crippen molar-refractivity contribution in [1.82, 2.24) is 4.90 Å². The Labute approximate surface area is 139 Å². The Morgan fingerprint density at radius 2 is 1.87 bits per heavy atom. The van der Waals surface area contributed by atoms with E-state index >= 15 is 0 Å². The number of carbonyl (C=O) groups excluding carboxylic acids is 1. The molecule has 1 aromatic rings. The molecule has 2 rings (SSSR count). The van der Waals surface area contributed by atoms with E-state index < -0.39 is 0 Å². The predicted molar refractivity (Wildman–Crippen MR) is 94.7 cm³/mol. The van der Waals surface area contributed by atoms with Gasteiger partial charge in [0.15, 0.2) is 0 Å². The first-order chi connectivity index (χ1) is 11.1. The summed E-state index contributed by atoms with van der Waals surface area (Å²) in [6.45, 7) is 7.24. The van der Waals surface area contributed by atoms with E-state index in [1.807, 2.05) is 29.2 Å². The zero-order chi connectivity index (χ0) is 16.7. The number of amides is 1. The number of aliphatic hydroxyl groups excluding tert-OH is 1. The van der Waals surface area contributed by atoms with Crippen LogP contribution in [0.1, 0.15) is 49.9 Å². The quantitative estimate of drug-likeness (QED) is 0.758. The van der Waals surface area contributed by atoms with Gasteiger partial charge < -0.3 is 15.3 Å². The fourth-order valence-corrected chi connectivity index (χ4v) is 3.46. The highest BCUT2D eigenvalue weighted by Crippen LogP contribution is 2.25. The molecule has 0 aromatic heterocycles. The van der Waals surface area contributed by atoms with Crippen LogP contribution in [0.2, 0.25) is 0 Å². The van der Waals surface area contributed by atoms with Crippen LogP contribution in [0.15, 0.2) is 24.3 Å². The van der Waals surface area contributed by atoms with Crippen molar-refractivity contribution in [1.29, 1.82) is 0 Å². The molecule has 4 heteroatoms. The van der Waals surface area contributed by atoms with Crippen molar-refractivity contribution >= 4 is 11.6 Å². The molecule has 2 atom stereocenters. The first kappa shape index (κ1) is 17.8. The molecular formula is C19H30N2O2. The highest BCUT2D eigenvalue weighted by molar-refractivity contribution is 5.99. The molecule has 0 spiro atoms. The van der Waals surface area contributed by atoms with E-state index in [2.05, 4.69) is 19.2 Å². The number of hydrogen-bond donors (Lipinski definition) is 2. The van der Waals surface area contributed by atoms with Crippen LogP contribution in [0.3, 0.4) is 0 Å². The summed E-state index contributed by atoms with van der Waals surface area (Å²) in [4.78, 5) is 14.9. The summed E-state index contributed by atoms with van der Waals surface area (Å²) in [5, 5.41) is 12.2. The Bertz CT molecular complexity index is 494. The lowest BCUT2D eigenvalue weighted by Crippen LogP contribution is -2.42. The average Bonchev–Trinajstić information content (AvgIpc) is 2.53. The van der Waals surface area contributed by atoms with Crippen LogP contribution in [-0.4, -0.2) is 42.2 Å². The number of nitrogens with one attached hydrogen (secondary N) is 1. The maximum absolute atomic E-state index is 12.9. The molecule has 1 saturated heterocycles. The molecule has 0 bridgehead atoms. The summed E-state index contributed by atoms with van der Waals surface area (Å²) in [6.07, 6.45) is 4.04. The van der Waals surface area contributed by atoms with Gasteiger partial charge in [-0.1, -0.05) is 26.0 Å². The fraction of sp³-hybridized carbons (Fsp3) is 0.632. The number of rotatable bonds is 7. The molecule has 0 saturated carbocycles. The molecule has 0 radical (unpaired) electrons. The highest BCUT2D eigenvalue weighted by Gasteiger charge is 2.27. The maximum Gasteiger partial charge on any atom is 0.255 e. The minimum absolute atomic E-state index is 0.141. The summed E-state index contributed by atoms with van der Waals surface area (Å²) in [7, 11) is 0. The maximum atomic E-state index is 12.9. The van der Waals surface area contributed by atoms with Gasteiger partial charge >= 0.3 is 0 Å². The second-order valence-electron chi connectivity index (χ2n) is 6.91. The van der Waals surface area contributed by atoms with Crippen molar-refractivity contribution < 1.29 is 9.90 Å². The van der Waals surface area contributed by atoms with Crippen molar-refractivity contribution in [3.8, 4) is 0 Å². The summed E-state index contributed by atoms with van der Waals surface area (Å²) < 4.78 is 0. The van der Waals surface area contributed by atoms with Crippen LogP contribution in [0.4, 0.5) is 5.69 Å². The number of benzene rings is 1. The van der Waals surface area contributed by atoms with E-state index in [1.54, 1.807) is 0 Å². The minimum Gasteiger partial charge on any atom is -0.396 e. The summed E-state index contributed by atoms with van der Waals surface area (Å²) >= 11 is 0. The zero-order valence-electron chi connectivity index (χ0n) is 14.4. The lowest BCUT2D eigenvalue weighted by molar-refractivity contribution is 0.0624. The van der Waals surface area contributed by atoms with E-state index in [-0.39, 0.29) is 12.5 Å². The van der Waals surface area contributed by atoms with E-state index in [0.29, 0.717) is 11.8 Å². The van der Waals surface area contributed by atoms with Crippen molar-refractivity contribution in [2.75, 3.05) is 31.6 Å². The van der Waals surface area contributed by atoms with Gasteiger partial charge in [0.25, 0.3) is 5.91 Å². The number of nitrogens with zero attached hydrogens (tertiary/aromatic N) is 1. The number of unbranched alkanes of at least 4 members (excludes halogenated alkanes) is 2. The molecular weight excluding hydrogens is 288 g/mol. The molecule has 1 amide bonds. The van der Waals surface area contributed by atoms with Gasteiger partial charge in [-0.3, -0.25) is 4.79 Å². The Hall–Kier alpha value is -1.55. The molecule has 2 N–H and O–H groups in total. The fourth-order valence-electron chi connectivity index (χ4n) is 3.46. The molecule has 1 aromatic carbocycles. The molecule has 23 heavy (non-hydrogen) atoms. The molecule has 128 valence electrons. The summed E-state index contributed by atoms with van der Waals surface area (Å²) in [6, 6.07) is 7.80. The molecule has 1 fully saturated rings. The molecule has 0 aliphatic carbocycles. The van der Waals surface area contributed by atoms with Crippen molar-refractivity contribution in [3.63, 3.8) is 0 Å². The molecule has 2 unspecified atom stereocenters. The van der Waals surface area contributed by atoms with Crippen LogP contribution in [0.5, 0.6) is 0 Å². The third kappa shape index (κ3) is 5.24. The standard InChI is InChI=1S/C19H30N2O2/c1-15-12-16(2)14-21(13-15)19(23)17-8-4-5-9-18(17)20-10-6-3-7-11-22/h4-5,8-9,15-16,20,22H,3,6-7,10-14H2,1-2H3. The molecule has 1 aliphatic heterocycles. The summed E-state index contributed by atoms with van der Waals surface area (Å²) in [5.41, 5.74) is 1.70. The Morgan fingerprint density at radius 1 is 1.17 bits per heavy atom. The monoisotopic (exact) mass is 318 g/mol. The summed E-state index contributed by atoms with van der Waals surface area (Å²) in [5.74, 6) is 1.28. The second-order valence-corrected chi connectivity index (χ2v) is 6.91. The van der Waals surface area contributed by atoms with Crippen LogP contribution < -0.4 is 5.32 Å². The van der Waals surface area contributed by atoms with E-state index in [4.69, 9.17) is 5.11 Å². The van der Waals surface area contributed by atoms with Crippen molar-refractivity contribution in [2.45, 2.75) is 39.5 Å². The number of likely N-dealkylation sites (tertiary alicyclic amines) is 1. The minimum atomic E-state index is 0.141. The van der Waals surface area contributed by atoms with Crippen LogP contribution in [0.25, 0.3) is 0 Å². The molecule has 1 heterocycles. The number of hydrogen-bond acceptors (Lipinski definition) is 3. The number of anilines is 1. The Morgan fingerprint density at radius 3 is 2.57 bits per heavy atom. The SMILES string of the molecule is CC1CC(C)CN(C(=O)c2ccccc2NCCCCCO)C1. The lowest BCUT2D eigenvalue weighted by Gasteiger charge is -2.35. The largest absolute Gasteiger partial charge is 0.396 e. The van der Waals surface area contributed by atoms with Gasteiger partial charge in [0.05, 0.1) is 5.56 Å². The number of aliphatic hydroxyl groups is 1. The van der Waals surface area contributed by atoms with Crippen molar-refractivity contribution in [2.24, 2.45) is 11.8 Å². The van der Waals surface area contributed by atoms with Gasteiger partial charge in [-0.25, -0.2) is 0 Å². The lowest BCUT2D eigenvalue weighted by atomic mass is 9.91. The van der Waals surface area contributed by atoms with E-state index in [9.17, 15) is 4.79 Å². The van der Waals surface area contributed by atoms with Gasteiger partial charge in [-0.05, 0) is 49.7 Å². The Kier molecular flexibility index (Phi) is 6.90. The predicted octanol–water partition coefficient (Wildman–Crippen LogP) is 3.38. The molecule has 4 nitrogen and oxygen atoms in total. The third-order valence-electron chi connectivity index (χ3n) is 4.46. The first-order valence-electron chi connectivity index (χ1n) is 8.85. The smallest absolute Gasteiger partial charge is 0.255 e. The normalized spacial score (nSPS) is 21.3. The van der Waals surface area contributed by atoms with Crippen LogP contribution in [-0.2, 0) is 0 Å². The number of piperidine rings is 1. The van der Waals surface area contributed by atoms with Crippen LogP contribution >= 0.6 is 0 Å². The Balaban J connectivity index is 1.99. The van der Waals surface area contributed by atoms with Gasteiger partial charge in [-0.15, -0.1) is 0 Å². The van der Waals surface area contributed by atoms with E-state index in [1.165, 1.54) is 6.42 Å². The number of para-hydroxylation sites is 1. The highest BCUT2D eigenvalue weighted by atomic mass is 16.2. The van der Waals surface area contributed by atoms with Crippen molar-refractivity contribution in [3.05, 3.63) is 29.8 Å².